The topological polar surface area (TPSA) is 35.5 Å². The molecule has 0 aromatic heterocycles. The molecule has 0 radical (unpaired) electrons. The maximum absolute atomic E-state index is 11.4. The zero-order valence-corrected chi connectivity index (χ0v) is 11.8. The molecular formula is C16H24O3. The van der Waals surface area contributed by atoms with Gasteiger partial charge in [0.2, 0.25) is 0 Å². The van der Waals surface area contributed by atoms with Crippen molar-refractivity contribution in [3.63, 3.8) is 0 Å². The summed E-state index contributed by atoms with van der Waals surface area (Å²) in [6.45, 7) is 2.91. The maximum atomic E-state index is 11.4. The van der Waals surface area contributed by atoms with Crippen LogP contribution in [0.1, 0.15) is 45.4 Å². The summed E-state index contributed by atoms with van der Waals surface area (Å²) in [5.41, 5.74) is 0. The highest BCUT2D eigenvalue weighted by atomic mass is 16.6. The van der Waals surface area contributed by atoms with E-state index < -0.39 is 0 Å². The fraction of sp³-hybridized carbons (Fsp3) is 0.562. The van der Waals surface area contributed by atoms with Crippen molar-refractivity contribution in [2.24, 2.45) is 0 Å². The highest BCUT2D eigenvalue weighted by molar-refractivity contribution is 5.69. The van der Waals surface area contributed by atoms with Crippen LogP contribution in [0.5, 0.6) is 5.75 Å². The fourth-order valence-corrected chi connectivity index (χ4v) is 1.78. The monoisotopic (exact) mass is 264 g/mol. The Morgan fingerprint density at radius 3 is 2.47 bits per heavy atom. The molecule has 0 atom stereocenters. The van der Waals surface area contributed by atoms with Crippen molar-refractivity contribution in [1.29, 1.82) is 0 Å². The lowest BCUT2D eigenvalue weighted by atomic mass is 10.1. The smallest absolute Gasteiger partial charge is 0.305 e. The van der Waals surface area contributed by atoms with E-state index in [4.69, 9.17) is 9.47 Å². The van der Waals surface area contributed by atoms with Gasteiger partial charge in [-0.1, -0.05) is 50.8 Å². The molecule has 0 saturated carbocycles. The van der Waals surface area contributed by atoms with Gasteiger partial charge in [0.05, 0.1) is 0 Å². The first-order chi connectivity index (χ1) is 9.33. The van der Waals surface area contributed by atoms with Gasteiger partial charge in [-0.3, -0.25) is 4.79 Å². The molecule has 1 aromatic carbocycles. The minimum atomic E-state index is -0.117. The molecule has 0 saturated heterocycles. The summed E-state index contributed by atoms with van der Waals surface area (Å²) in [7, 11) is 0. The molecule has 0 N–H and O–H groups in total. The molecule has 0 aliphatic rings. The van der Waals surface area contributed by atoms with Crippen LogP contribution in [0.2, 0.25) is 0 Å². The quantitative estimate of drug-likeness (QED) is 0.474. The molecule has 3 nitrogen and oxygen atoms in total. The van der Waals surface area contributed by atoms with Crippen LogP contribution in [0.4, 0.5) is 0 Å². The van der Waals surface area contributed by atoms with E-state index in [1.807, 2.05) is 30.3 Å². The zero-order chi connectivity index (χ0) is 13.8. The van der Waals surface area contributed by atoms with E-state index in [0.29, 0.717) is 19.6 Å². The van der Waals surface area contributed by atoms with Crippen LogP contribution in [0.15, 0.2) is 30.3 Å². The Kier molecular flexibility index (Phi) is 8.52. The van der Waals surface area contributed by atoms with E-state index in [0.717, 1.165) is 18.6 Å². The average molecular weight is 264 g/mol. The van der Waals surface area contributed by atoms with Crippen molar-refractivity contribution in [2.45, 2.75) is 45.4 Å². The Hall–Kier alpha value is -1.51. The van der Waals surface area contributed by atoms with Gasteiger partial charge in [-0.15, -0.1) is 0 Å². The average Bonchev–Trinajstić information content (AvgIpc) is 2.44. The van der Waals surface area contributed by atoms with Crippen LogP contribution >= 0.6 is 0 Å². The van der Waals surface area contributed by atoms with Crippen LogP contribution < -0.4 is 4.74 Å². The number of hydrogen-bond donors (Lipinski definition) is 0. The second kappa shape index (κ2) is 10.4. The Labute approximate surface area is 115 Å². The molecule has 0 spiro atoms. The summed E-state index contributed by atoms with van der Waals surface area (Å²) >= 11 is 0. The molecule has 3 heteroatoms. The standard InChI is InChI=1S/C16H24O3/c1-2-3-4-5-9-12-16(17)19-14-13-18-15-10-7-6-8-11-15/h6-8,10-11H,2-5,9,12-14H2,1H3. The number of para-hydroxylation sites is 1. The third-order valence-corrected chi connectivity index (χ3v) is 2.84. The lowest BCUT2D eigenvalue weighted by molar-refractivity contribution is -0.144. The minimum absolute atomic E-state index is 0.117. The molecule has 19 heavy (non-hydrogen) atoms. The van der Waals surface area contributed by atoms with Gasteiger partial charge in [0.1, 0.15) is 19.0 Å². The number of carbonyl (C=O) groups is 1. The van der Waals surface area contributed by atoms with Crippen molar-refractivity contribution in [3.8, 4) is 5.75 Å². The minimum Gasteiger partial charge on any atom is -0.490 e. The first-order valence-corrected chi connectivity index (χ1v) is 7.16. The highest BCUT2D eigenvalue weighted by Crippen LogP contribution is 2.08. The fourth-order valence-electron chi connectivity index (χ4n) is 1.78. The first-order valence-electron chi connectivity index (χ1n) is 7.16. The number of esters is 1. The summed E-state index contributed by atoms with van der Waals surface area (Å²) in [5, 5.41) is 0. The zero-order valence-electron chi connectivity index (χ0n) is 11.8. The van der Waals surface area contributed by atoms with E-state index in [1.54, 1.807) is 0 Å². The van der Waals surface area contributed by atoms with E-state index in [-0.39, 0.29) is 5.97 Å². The Morgan fingerprint density at radius 2 is 1.74 bits per heavy atom. The van der Waals surface area contributed by atoms with Gasteiger partial charge in [0.15, 0.2) is 0 Å². The third-order valence-electron chi connectivity index (χ3n) is 2.84. The number of unbranched alkanes of at least 4 members (excludes halogenated alkanes) is 4. The Morgan fingerprint density at radius 1 is 1.00 bits per heavy atom. The molecule has 0 amide bonds. The molecule has 0 fully saturated rings. The number of ether oxygens (including phenoxy) is 2. The van der Waals surface area contributed by atoms with Gasteiger partial charge in [-0.2, -0.15) is 0 Å². The second-order valence-corrected chi connectivity index (χ2v) is 4.55. The summed E-state index contributed by atoms with van der Waals surface area (Å²) in [6.07, 6.45) is 6.25. The van der Waals surface area contributed by atoms with Crippen molar-refractivity contribution in [2.75, 3.05) is 13.2 Å². The van der Waals surface area contributed by atoms with Crippen LogP contribution in [0, 0.1) is 0 Å². The van der Waals surface area contributed by atoms with E-state index in [9.17, 15) is 4.79 Å². The molecular weight excluding hydrogens is 240 g/mol. The summed E-state index contributed by atoms with van der Waals surface area (Å²) < 4.78 is 10.5. The van der Waals surface area contributed by atoms with Crippen LogP contribution in [-0.4, -0.2) is 19.2 Å². The number of benzene rings is 1. The highest BCUT2D eigenvalue weighted by Gasteiger charge is 2.02. The lowest BCUT2D eigenvalue weighted by Gasteiger charge is -2.07. The van der Waals surface area contributed by atoms with E-state index >= 15 is 0 Å². The van der Waals surface area contributed by atoms with Crippen LogP contribution in [0.3, 0.4) is 0 Å². The van der Waals surface area contributed by atoms with Crippen molar-refractivity contribution >= 4 is 5.97 Å². The van der Waals surface area contributed by atoms with Gasteiger partial charge in [-0.25, -0.2) is 0 Å². The number of carbonyl (C=O) groups excluding carboxylic acids is 1. The second-order valence-electron chi connectivity index (χ2n) is 4.55. The summed E-state index contributed by atoms with van der Waals surface area (Å²) in [4.78, 5) is 11.4. The SMILES string of the molecule is CCCCCCCC(=O)OCCOc1ccccc1. The summed E-state index contributed by atoms with van der Waals surface area (Å²) in [5.74, 6) is 0.686. The molecule has 106 valence electrons. The predicted molar refractivity (Wildman–Crippen MR) is 76.3 cm³/mol. The van der Waals surface area contributed by atoms with E-state index in [2.05, 4.69) is 6.92 Å². The van der Waals surface area contributed by atoms with Crippen LogP contribution in [0.25, 0.3) is 0 Å². The number of rotatable bonds is 10. The molecule has 1 rings (SSSR count). The van der Waals surface area contributed by atoms with E-state index in [1.165, 1.54) is 19.3 Å². The largest absolute Gasteiger partial charge is 0.490 e. The van der Waals surface area contributed by atoms with Crippen molar-refractivity contribution < 1.29 is 14.3 Å². The van der Waals surface area contributed by atoms with Gasteiger partial charge in [0.25, 0.3) is 0 Å². The maximum Gasteiger partial charge on any atom is 0.305 e. The third kappa shape index (κ3) is 8.25. The van der Waals surface area contributed by atoms with Gasteiger partial charge < -0.3 is 9.47 Å². The van der Waals surface area contributed by atoms with Gasteiger partial charge in [-0.05, 0) is 18.6 Å². The van der Waals surface area contributed by atoms with Crippen molar-refractivity contribution in [1.82, 2.24) is 0 Å². The molecule has 0 heterocycles. The number of hydrogen-bond acceptors (Lipinski definition) is 3. The summed E-state index contributed by atoms with van der Waals surface area (Å²) in [6, 6.07) is 9.53. The van der Waals surface area contributed by atoms with Gasteiger partial charge >= 0.3 is 5.97 Å². The normalized spacial score (nSPS) is 10.2. The molecule has 0 bridgehead atoms. The van der Waals surface area contributed by atoms with Crippen molar-refractivity contribution in [3.05, 3.63) is 30.3 Å². The Bertz CT molecular complexity index is 335. The predicted octanol–water partition coefficient (Wildman–Crippen LogP) is 3.97. The Balaban J connectivity index is 1.95. The lowest BCUT2D eigenvalue weighted by Crippen LogP contribution is -2.11. The molecule has 0 unspecified atom stereocenters. The first kappa shape index (κ1) is 15.5. The van der Waals surface area contributed by atoms with Crippen LogP contribution in [-0.2, 0) is 9.53 Å². The van der Waals surface area contributed by atoms with Gasteiger partial charge in [0, 0.05) is 6.42 Å². The molecule has 0 aliphatic heterocycles. The molecule has 1 aromatic rings. The molecule has 0 aliphatic carbocycles.